The summed E-state index contributed by atoms with van der Waals surface area (Å²) < 4.78 is 0. The summed E-state index contributed by atoms with van der Waals surface area (Å²) in [6.45, 7) is 1.29. The molecule has 8 atom stereocenters. The van der Waals surface area contributed by atoms with Gasteiger partial charge in [-0.2, -0.15) is 0 Å². The molecule has 0 heterocycles. The summed E-state index contributed by atoms with van der Waals surface area (Å²) in [4.78, 5) is 13.8. The van der Waals surface area contributed by atoms with E-state index >= 15 is 0 Å². The first-order valence-electron chi connectivity index (χ1n) is 11.0. The summed E-state index contributed by atoms with van der Waals surface area (Å²) >= 11 is 0. The third-order valence-corrected chi connectivity index (χ3v) is 7.34. The second-order valence-electron chi connectivity index (χ2n) is 9.34. The van der Waals surface area contributed by atoms with Crippen molar-refractivity contribution in [3.8, 4) is 0 Å². The zero-order valence-electron chi connectivity index (χ0n) is 16.7. The van der Waals surface area contributed by atoms with Crippen molar-refractivity contribution in [3.63, 3.8) is 0 Å². The predicted molar refractivity (Wildman–Crippen MR) is 104 cm³/mol. The highest BCUT2D eigenvalue weighted by atomic mass is 16.4. The van der Waals surface area contributed by atoms with Crippen LogP contribution in [0.5, 0.6) is 0 Å². The molecule has 3 fully saturated rings. The van der Waals surface area contributed by atoms with Gasteiger partial charge in [0.15, 0.2) is 0 Å². The topological polar surface area (TPSA) is 121 Å². The Morgan fingerprint density at radius 2 is 1.39 bits per heavy atom. The number of nitrogens with zero attached hydrogens (tertiary/aromatic N) is 1. The van der Waals surface area contributed by atoms with Gasteiger partial charge in [-0.15, -0.1) is 0 Å². The van der Waals surface area contributed by atoms with E-state index in [1.165, 1.54) is 0 Å². The molecule has 0 saturated heterocycles. The van der Waals surface area contributed by atoms with Crippen molar-refractivity contribution in [1.29, 1.82) is 0 Å². The minimum absolute atomic E-state index is 0.0184. The van der Waals surface area contributed by atoms with Crippen LogP contribution in [-0.4, -0.2) is 79.9 Å². The molecule has 0 radical (unpaired) electrons. The van der Waals surface area contributed by atoms with Crippen LogP contribution in [0, 0.1) is 17.8 Å². The van der Waals surface area contributed by atoms with Gasteiger partial charge >= 0.3 is 5.97 Å². The number of aliphatic hydroxyl groups excluding tert-OH is 4. The quantitative estimate of drug-likeness (QED) is 0.451. The third kappa shape index (κ3) is 5.45. The number of aliphatic hydroxyl groups is 4. The molecule has 0 aromatic carbocycles. The maximum absolute atomic E-state index is 11.6. The fourth-order valence-corrected chi connectivity index (χ4v) is 5.53. The number of hydrogen-bond donors (Lipinski definition) is 5. The zero-order chi connectivity index (χ0) is 20.3. The van der Waals surface area contributed by atoms with Crippen LogP contribution in [0.1, 0.15) is 64.2 Å². The molecule has 0 spiro atoms. The molecule has 8 unspecified atom stereocenters. The van der Waals surface area contributed by atoms with Gasteiger partial charge in [0.25, 0.3) is 0 Å². The summed E-state index contributed by atoms with van der Waals surface area (Å²) in [5.74, 6) is -1.60. The standard InChI is InChI=1S/C21H37NO6/c23-16-6-8-19(25)14(9-16)12-22(11-13-3-1-2-4-18(13)24)15-5-7-20(26)17(10-15)21(27)28/h13-20,23-26H,1-12H2,(H,27,28). The van der Waals surface area contributed by atoms with E-state index in [0.717, 1.165) is 32.1 Å². The lowest BCUT2D eigenvalue weighted by Gasteiger charge is -2.44. The van der Waals surface area contributed by atoms with E-state index in [1.54, 1.807) is 0 Å². The van der Waals surface area contributed by atoms with E-state index in [2.05, 4.69) is 4.90 Å². The van der Waals surface area contributed by atoms with Crippen LogP contribution in [0.2, 0.25) is 0 Å². The molecule has 28 heavy (non-hydrogen) atoms. The first kappa shape index (κ1) is 22.0. The Bertz CT molecular complexity index is 517. The molecule has 7 nitrogen and oxygen atoms in total. The molecule has 0 aromatic rings. The molecule has 0 bridgehead atoms. The van der Waals surface area contributed by atoms with Gasteiger partial charge in [0, 0.05) is 19.1 Å². The van der Waals surface area contributed by atoms with Gasteiger partial charge in [0.2, 0.25) is 0 Å². The molecular formula is C21H37NO6. The van der Waals surface area contributed by atoms with Crippen LogP contribution in [0.25, 0.3) is 0 Å². The minimum Gasteiger partial charge on any atom is -0.481 e. The van der Waals surface area contributed by atoms with Crippen LogP contribution < -0.4 is 0 Å². The number of carbonyl (C=O) groups is 1. The lowest BCUT2D eigenvalue weighted by molar-refractivity contribution is -0.149. The molecule has 3 saturated carbocycles. The van der Waals surface area contributed by atoms with Crippen molar-refractivity contribution in [2.75, 3.05) is 13.1 Å². The molecule has 3 aliphatic carbocycles. The maximum atomic E-state index is 11.6. The van der Waals surface area contributed by atoms with Gasteiger partial charge in [-0.1, -0.05) is 12.8 Å². The smallest absolute Gasteiger partial charge is 0.309 e. The van der Waals surface area contributed by atoms with E-state index in [1.807, 2.05) is 0 Å². The molecule has 5 N–H and O–H groups in total. The molecular weight excluding hydrogens is 362 g/mol. The Labute approximate surface area is 167 Å². The average Bonchev–Trinajstić information content (AvgIpc) is 2.66. The van der Waals surface area contributed by atoms with Crippen molar-refractivity contribution < 1.29 is 30.3 Å². The van der Waals surface area contributed by atoms with Crippen LogP contribution in [0.3, 0.4) is 0 Å². The second kappa shape index (κ2) is 9.85. The van der Waals surface area contributed by atoms with Gasteiger partial charge in [-0.05, 0) is 63.2 Å². The number of carboxylic acid groups (broad SMARTS) is 1. The van der Waals surface area contributed by atoms with E-state index in [9.17, 15) is 30.3 Å². The lowest BCUT2D eigenvalue weighted by atomic mass is 9.79. The van der Waals surface area contributed by atoms with Crippen LogP contribution in [-0.2, 0) is 4.79 Å². The minimum atomic E-state index is -0.956. The Kier molecular flexibility index (Phi) is 7.73. The Balaban J connectivity index is 1.72. The summed E-state index contributed by atoms with van der Waals surface area (Å²) in [6, 6.07) is 0.0184. The van der Waals surface area contributed by atoms with Crippen molar-refractivity contribution in [3.05, 3.63) is 0 Å². The summed E-state index contributed by atoms with van der Waals surface area (Å²) in [5, 5.41) is 50.5. The predicted octanol–water partition coefficient (Wildman–Crippen LogP) is 0.976. The Morgan fingerprint density at radius 3 is 2.11 bits per heavy atom. The van der Waals surface area contributed by atoms with Crippen LogP contribution in [0.15, 0.2) is 0 Å². The van der Waals surface area contributed by atoms with Crippen molar-refractivity contribution in [2.24, 2.45) is 17.8 Å². The molecule has 3 aliphatic rings. The number of hydrogen-bond acceptors (Lipinski definition) is 6. The molecule has 7 heteroatoms. The van der Waals surface area contributed by atoms with Crippen LogP contribution >= 0.6 is 0 Å². The van der Waals surface area contributed by atoms with Gasteiger partial charge < -0.3 is 25.5 Å². The Morgan fingerprint density at radius 1 is 0.750 bits per heavy atom. The number of rotatable bonds is 6. The van der Waals surface area contributed by atoms with Gasteiger partial charge in [0.05, 0.1) is 30.3 Å². The molecule has 3 rings (SSSR count). The van der Waals surface area contributed by atoms with E-state index in [0.29, 0.717) is 45.2 Å². The first-order chi connectivity index (χ1) is 13.3. The number of aliphatic carboxylic acids is 1. The van der Waals surface area contributed by atoms with Crippen molar-refractivity contribution in [2.45, 2.75) is 94.7 Å². The lowest BCUT2D eigenvalue weighted by Crippen LogP contribution is -2.51. The monoisotopic (exact) mass is 399 g/mol. The molecule has 0 aliphatic heterocycles. The van der Waals surface area contributed by atoms with E-state index < -0.39 is 30.2 Å². The van der Waals surface area contributed by atoms with E-state index in [-0.39, 0.29) is 24.0 Å². The SMILES string of the molecule is O=C(O)C1CC(N(CC2CCCCC2O)CC2CC(O)CCC2O)CCC1O. The second-order valence-corrected chi connectivity index (χ2v) is 9.34. The van der Waals surface area contributed by atoms with Gasteiger partial charge in [-0.25, -0.2) is 0 Å². The van der Waals surface area contributed by atoms with Crippen LogP contribution in [0.4, 0.5) is 0 Å². The van der Waals surface area contributed by atoms with Crippen molar-refractivity contribution >= 4 is 5.97 Å². The van der Waals surface area contributed by atoms with Gasteiger partial charge in [-0.3, -0.25) is 9.69 Å². The summed E-state index contributed by atoms with van der Waals surface area (Å²) in [7, 11) is 0. The zero-order valence-corrected chi connectivity index (χ0v) is 16.7. The third-order valence-electron chi connectivity index (χ3n) is 7.34. The largest absolute Gasteiger partial charge is 0.481 e. The highest BCUT2D eigenvalue weighted by Gasteiger charge is 2.39. The first-order valence-corrected chi connectivity index (χ1v) is 11.0. The highest BCUT2D eigenvalue weighted by Crippen LogP contribution is 2.34. The normalized spacial score (nSPS) is 42.5. The van der Waals surface area contributed by atoms with E-state index in [4.69, 9.17) is 0 Å². The van der Waals surface area contributed by atoms with Crippen molar-refractivity contribution in [1.82, 2.24) is 4.90 Å². The average molecular weight is 400 g/mol. The molecule has 0 aromatic heterocycles. The van der Waals surface area contributed by atoms with Gasteiger partial charge in [0.1, 0.15) is 0 Å². The fraction of sp³-hybridized carbons (Fsp3) is 0.952. The summed E-state index contributed by atoms with van der Waals surface area (Å²) in [6.07, 6.45) is 5.28. The summed E-state index contributed by atoms with van der Waals surface area (Å²) in [5.41, 5.74) is 0. The molecule has 0 amide bonds. The fourth-order valence-electron chi connectivity index (χ4n) is 5.53. The highest BCUT2D eigenvalue weighted by molar-refractivity contribution is 5.70. The maximum Gasteiger partial charge on any atom is 0.309 e. The molecule has 162 valence electrons. The Hall–Kier alpha value is -0.730. The number of carboxylic acids is 1.